The number of hydrogen-bond donors (Lipinski definition) is 1. The molecular formula is C12H14ClN3. The molecule has 0 amide bonds. The summed E-state index contributed by atoms with van der Waals surface area (Å²) in [4.78, 5) is 2.38. The van der Waals surface area contributed by atoms with Gasteiger partial charge in [0.05, 0.1) is 10.6 Å². The molecule has 3 nitrogen and oxygen atoms in total. The minimum absolute atomic E-state index is 0.547. The van der Waals surface area contributed by atoms with Crippen molar-refractivity contribution >= 4 is 11.6 Å². The molecule has 1 heterocycles. The molecule has 16 heavy (non-hydrogen) atoms. The smallest absolute Gasteiger partial charge is 0.101 e. The molecule has 0 aliphatic carbocycles. The lowest BCUT2D eigenvalue weighted by molar-refractivity contribution is 0.233. The van der Waals surface area contributed by atoms with Crippen molar-refractivity contribution in [1.29, 1.82) is 5.26 Å². The molecule has 0 saturated carbocycles. The number of halogens is 1. The van der Waals surface area contributed by atoms with Gasteiger partial charge in [0, 0.05) is 32.7 Å². The fraction of sp³-hybridized carbons (Fsp3) is 0.417. The summed E-state index contributed by atoms with van der Waals surface area (Å²) in [5.74, 6) is 0. The van der Waals surface area contributed by atoms with Crippen LogP contribution in [0.5, 0.6) is 0 Å². The SMILES string of the molecule is N#Cc1ccc(CN2CCNCC2)cc1Cl. The van der Waals surface area contributed by atoms with Gasteiger partial charge < -0.3 is 5.32 Å². The standard InChI is InChI=1S/C12H14ClN3/c13-12-7-10(1-2-11(12)8-14)9-16-5-3-15-4-6-16/h1-2,7,15H,3-6,9H2. The number of benzene rings is 1. The van der Waals surface area contributed by atoms with Crippen LogP contribution in [0.2, 0.25) is 5.02 Å². The van der Waals surface area contributed by atoms with E-state index in [0.29, 0.717) is 10.6 Å². The lowest BCUT2D eigenvalue weighted by Gasteiger charge is -2.27. The number of hydrogen-bond acceptors (Lipinski definition) is 3. The second-order valence-electron chi connectivity index (χ2n) is 3.95. The van der Waals surface area contributed by atoms with Gasteiger partial charge in [-0.2, -0.15) is 5.26 Å². The summed E-state index contributed by atoms with van der Waals surface area (Å²) in [7, 11) is 0. The zero-order valence-electron chi connectivity index (χ0n) is 9.04. The monoisotopic (exact) mass is 235 g/mol. The Morgan fingerprint density at radius 2 is 2.12 bits per heavy atom. The third kappa shape index (κ3) is 2.73. The maximum Gasteiger partial charge on any atom is 0.101 e. The van der Waals surface area contributed by atoms with Crippen molar-refractivity contribution in [1.82, 2.24) is 10.2 Å². The predicted octanol–water partition coefficient (Wildman–Crippen LogP) is 1.62. The van der Waals surface area contributed by atoms with Gasteiger partial charge in [0.25, 0.3) is 0 Å². The third-order valence-corrected chi connectivity index (χ3v) is 3.08. The Balaban J connectivity index is 2.04. The second kappa shape index (κ2) is 5.31. The fourth-order valence-electron chi connectivity index (χ4n) is 1.88. The molecule has 0 radical (unpaired) electrons. The molecule has 1 aliphatic rings. The van der Waals surface area contributed by atoms with E-state index in [0.717, 1.165) is 32.7 Å². The molecule has 2 rings (SSSR count). The average Bonchev–Trinajstić information content (AvgIpc) is 2.31. The number of piperazine rings is 1. The van der Waals surface area contributed by atoms with E-state index in [9.17, 15) is 0 Å². The fourth-order valence-corrected chi connectivity index (χ4v) is 2.12. The van der Waals surface area contributed by atoms with E-state index in [-0.39, 0.29) is 0 Å². The maximum absolute atomic E-state index is 8.78. The van der Waals surface area contributed by atoms with Crippen LogP contribution in [0.25, 0.3) is 0 Å². The van der Waals surface area contributed by atoms with Crippen molar-refractivity contribution in [2.45, 2.75) is 6.54 Å². The number of nitrogens with zero attached hydrogens (tertiary/aromatic N) is 2. The molecular weight excluding hydrogens is 222 g/mol. The first-order chi connectivity index (χ1) is 7.79. The van der Waals surface area contributed by atoms with Gasteiger partial charge >= 0.3 is 0 Å². The number of rotatable bonds is 2. The first-order valence-electron chi connectivity index (χ1n) is 5.41. The lowest BCUT2D eigenvalue weighted by atomic mass is 10.1. The zero-order valence-corrected chi connectivity index (χ0v) is 9.80. The molecule has 4 heteroatoms. The van der Waals surface area contributed by atoms with Gasteiger partial charge in [-0.1, -0.05) is 17.7 Å². The van der Waals surface area contributed by atoms with Gasteiger partial charge in [-0.25, -0.2) is 0 Å². The van der Waals surface area contributed by atoms with E-state index in [1.54, 1.807) is 6.07 Å². The van der Waals surface area contributed by atoms with Crippen LogP contribution in [0.1, 0.15) is 11.1 Å². The highest BCUT2D eigenvalue weighted by atomic mass is 35.5. The minimum atomic E-state index is 0.547. The van der Waals surface area contributed by atoms with Gasteiger partial charge in [-0.05, 0) is 17.7 Å². The summed E-state index contributed by atoms with van der Waals surface area (Å²) in [5.41, 5.74) is 1.72. The Hall–Kier alpha value is -1.08. The largest absolute Gasteiger partial charge is 0.314 e. The Morgan fingerprint density at radius 3 is 2.75 bits per heavy atom. The Bertz CT molecular complexity index is 405. The van der Waals surface area contributed by atoms with Crippen molar-refractivity contribution in [3.63, 3.8) is 0 Å². The normalized spacial score (nSPS) is 17.0. The first kappa shape index (κ1) is 11.4. The molecule has 1 aromatic rings. The lowest BCUT2D eigenvalue weighted by Crippen LogP contribution is -2.42. The van der Waals surface area contributed by atoms with Crippen molar-refractivity contribution in [3.8, 4) is 6.07 Å². The van der Waals surface area contributed by atoms with Crippen LogP contribution >= 0.6 is 11.6 Å². The van der Waals surface area contributed by atoms with E-state index in [4.69, 9.17) is 16.9 Å². The van der Waals surface area contributed by atoms with Crippen LogP contribution in [0.3, 0.4) is 0 Å². The molecule has 0 unspecified atom stereocenters. The summed E-state index contributed by atoms with van der Waals surface area (Å²) in [6.07, 6.45) is 0. The second-order valence-corrected chi connectivity index (χ2v) is 4.36. The number of nitrogens with one attached hydrogen (secondary N) is 1. The molecule has 0 aromatic heterocycles. The molecule has 0 spiro atoms. The van der Waals surface area contributed by atoms with Crippen LogP contribution in [0.15, 0.2) is 18.2 Å². The molecule has 0 atom stereocenters. The maximum atomic E-state index is 8.78. The van der Waals surface area contributed by atoms with E-state index >= 15 is 0 Å². The van der Waals surface area contributed by atoms with Crippen LogP contribution in [-0.2, 0) is 6.54 Å². The van der Waals surface area contributed by atoms with Crippen LogP contribution < -0.4 is 5.32 Å². The third-order valence-electron chi connectivity index (χ3n) is 2.77. The van der Waals surface area contributed by atoms with Crippen LogP contribution in [0.4, 0.5) is 0 Å². The highest BCUT2D eigenvalue weighted by molar-refractivity contribution is 6.31. The summed E-state index contributed by atoms with van der Waals surface area (Å²) in [6.45, 7) is 5.14. The molecule has 0 bridgehead atoms. The predicted molar refractivity (Wildman–Crippen MR) is 64.3 cm³/mol. The van der Waals surface area contributed by atoms with Crippen molar-refractivity contribution < 1.29 is 0 Å². The Kier molecular flexibility index (Phi) is 3.79. The Labute approximate surface area is 101 Å². The zero-order chi connectivity index (χ0) is 11.4. The molecule has 1 saturated heterocycles. The first-order valence-corrected chi connectivity index (χ1v) is 5.79. The van der Waals surface area contributed by atoms with Gasteiger partial charge in [0.1, 0.15) is 6.07 Å². The van der Waals surface area contributed by atoms with E-state index in [2.05, 4.69) is 16.3 Å². The van der Waals surface area contributed by atoms with E-state index < -0.39 is 0 Å². The highest BCUT2D eigenvalue weighted by Gasteiger charge is 2.10. The van der Waals surface area contributed by atoms with Gasteiger partial charge in [0.15, 0.2) is 0 Å². The van der Waals surface area contributed by atoms with Crippen molar-refractivity contribution in [2.75, 3.05) is 26.2 Å². The quantitative estimate of drug-likeness (QED) is 0.847. The van der Waals surface area contributed by atoms with Crippen molar-refractivity contribution in [3.05, 3.63) is 34.3 Å². The summed E-state index contributed by atoms with van der Waals surface area (Å²) in [6, 6.07) is 7.73. The summed E-state index contributed by atoms with van der Waals surface area (Å²) >= 11 is 5.99. The average molecular weight is 236 g/mol. The summed E-state index contributed by atoms with van der Waals surface area (Å²) < 4.78 is 0. The van der Waals surface area contributed by atoms with E-state index in [1.165, 1.54) is 5.56 Å². The van der Waals surface area contributed by atoms with Gasteiger partial charge in [-0.15, -0.1) is 0 Å². The minimum Gasteiger partial charge on any atom is -0.314 e. The Morgan fingerprint density at radius 1 is 1.38 bits per heavy atom. The molecule has 1 aliphatic heterocycles. The van der Waals surface area contributed by atoms with Gasteiger partial charge in [0.2, 0.25) is 0 Å². The van der Waals surface area contributed by atoms with Gasteiger partial charge in [-0.3, -0.25) is 4.90 Å². The van der Waals surface area contributed by atoms with Crippen LogP contribution in [-0.4, -0.2) is 31.1 Å². The summed E-state index contributed by atoms with van der Waals surface area (Å²) in [5, 5.41) is 12.6. The topological polar surface area (TPSA) is 39.1 Å². The highest BCUT2D eigenvalue weighted by Crippen LogP contribution is 2.18. The van der Waals surface area contributed by atoms with E-state index in [1.807, 2.05) is 12.1 Å². The van der Waals surface area contributed by atoms with Crippen molar-refractivity contribution in [2.24, 2.45) is 0 Å². The van der Waals surface area contributed by atoms with Crippen LogP contribution in [0, 0.1) is 11.3 Å². The molecule has 84 valence electrons. The molecule has 1 aromatic carbocycles. The molecule has 1 fully saturated rings. The molecule has 1 N–H and O–H groups in total. The number of nitriles is 1.